The fourth-order valence-electron chi connectivity index (χ4n) is 2.11. The molecule has 3 rings (SSSR count). The van der Waals surface area contributed by atoms with Crippen LogP contribution in [-0.4, -0.2) is 20.9 Å². The number of rotatable bonds is 4. The Morgan fingerprint density at radius 3 is 2.67 bits per heavy atom. The summed E-state index contributed by atoms with van der Waals surface area (Å²) < 4.78 is 0.775. The number of amides is 1. The van der Waals surface area contributed by atoms with Gasteiger partial charge in [-0.2, -0.15) is 0 Å². The summed E-state index contributed by atoms with van der Waals surface area (Å²) >= 11 is 1.43. The van der Waals surface area contributed by atoms with Gasteiger partial charge in [0.2, 0.25) is 5.91 Å². The number of nitrogen functional groups attached to an aromatic ring is 1. The molecule has 3 aromatic rings. The molecule has 3 N–H and O–H groups in total. The highest BCUT2D eigenvalue weighted by molar-refractivity contribution is 7.18. The molecule has 0 fully saturated rings. The number of hydrogen-bond donors (Lipinski definition) is 2. The molecule has 24 heavy (non-hydrogen) atoms. The van der Waals surface area contributed by atoms with Gasteiger partial charge in [0.05, 0.1) is 10.4 Å². The number of carbonyl (C=O) groups excluding carboxylic acids is 1. The molecule has 6 nitrogen and oxygen atoms in total. The van der Waals surface area contributed by atoms with Crippen LogP contribution in [0.3, 0.4) is 0 Å². The summed E-state index contributed by atoms with van der Waals surface area (Å²) in [6.45, 7) is 5.83. The number of thiophene rings is 1. The van der Waals surface area contributed by atoms with E-state index in [9.17, 15) is 4.79 Å². The van der Waals surface area contributed by atoms with Gasteiger partial charge in [0.1, 0.15) is 11.3 Å². The lowest BCUT2D eigenvalue weighted by Crippen LogP contribution is -2.29. The zero-order valence-electron chi connectivity index (χ0n) is 13.8. The van der Waals surface area contributed by atoms with Gasteiger partial charge >= 0.3 is 0 Å². The van der Waals surface area contributed by atoms with Gasteiger partial charge in [-0.3, -0.25) is 9.78 Å². The molecule has 0 saturated carbocycles. The molecular formula is C17H19N5OS. The van der Waals surface area contributed by atoms with E-state index in [1.165, 1.54) is 11.3 Å². The second-order valence-corrected chi connectivity index (χ2v) is 7.07. The predicted molar refractivity (Wildman–Crippen MR) is 97.8 cm³/mol. The molecule has 7 heteroatoms. The van der Waals surface area contributed by atoms with Crippen molar-refractivity contribution in [3.05, 3.63) is 29.9 Å². The minimum Gasteiger partial charge on any atom is -0.382 e. The monoisotopic (exact) mass is 341 g/mol. The Labute approximate surface area is 144 Å². The van der Waals surface area contributed by atoms with Crippen molar-refractivity contribution in [3.63, 3.8) is 0 Å². The van der Waals surface area contributed by atoms with E-state index in [0.29, 0.717) is 22.8 Å². The number of aromatic nitrogens is 3. The third kappa shape index (κ3) is 2.94. The predicted octanol–water partition coefficient (Wildman–Crippen LogP) is 3.71. The maximum Gasteiger partial charge on any atom is 0.230 e. The molecule has 0 saturated heterocycles. The molecule has 0 radical (unpaired) electrons. The zero-order chi connectivity index (χ0) is 17.3. The average molecular weight is 341 g/mol. The number of fused-ring (bicyclic) bond motifs is 1. The molecule has 0 aliphatic heterocycles. The molecule has 0 aliphatic rings. The van der Waals surface area contributed by atoms with E-state index in [2.05, 4.69) is 20.3 Å². The van der Waals surface area contributed by atoms with Crippen molar-refractivity contribution >= 4 is 39.0 Å². The van der Waals surface area contributed by atoms with E-state index in [4.69, 9.17) is 5.73 Å². The number of nitrogens with zero attached hydrogens (tertiary/aromatic N) is 3. The Hall–Kier alpha value is -2.54. The first-order valence-corrected chi connectivity index (χ1v) is 8.57. The molecule has 0 unspecified atom stereocenters. The molecule has 0 aliphatic carbocycles. The summed E-state index contributed by atoms with van der Waals surface area (Å²) in [4.78, 5) is 25.4. The van der Waals surface area contributed by atoms with Crippen LogP contribution in [-0.2, 0) is 4.79 Å². The highest BCUT2D eigenvalue weighted by Crippen LogP contribution is 2.34. The summed E-state index contributed by atoms with van der Waals surface area (Å²) in [7, 11) is 0. The van der Waals surface area contributed by atoms with Crippen LogP contribution in [0.5, 0.6) is 0 Å². The van der Waals surface area contributed by atoms with Crippen molar-refractivity contribution in [1.29, 1.82) is 0 Å². The second-order valence-electron chi connectivity index (χ2n) is 6.19. The van der Waals surface area contributed by atoms with Gasteiger partial charge in [0.15, 0.2) is 5.82 Å². The highest BCUT2D eigenvalue weighted by Gasteiger charge is 2.26. The van der Waals surface area contributed by atoms with E-state index in [1.807, 2.05) is 38.3 Å². The Balaban J connectivity index is 2.05. The smallest absolute Gasteiger partial charge is 0.230 e. The summed E-state index contributed by atoms with van der Waals surface area (Å²) in [5.41, 5.74) is 7.81. The van der Waals surface area contributed by atoms with Gasteiger partial charge in [0.25, 0.3) is 0 Å². The van der Waals surface area contributed by atoms with E-state index < -0.39 is 5.41 Å². The van der Waals surface area contributed by atoms with Crippen LogP contribution in [0.2, 0.25) is 0 Å². The van der Waals surface area contributed by atoms with Crippen LogP contribution < -0.4 is 11.1 Å². The molecule has 3 aromatic heterocycles. The van der Waals surface area contributed by atoms with E-state index in [-0.39, 0.29) is 5.91 Å². The lowest BCUT2D eigenvalue weighted by molar-refractivity contribution is -0.124. The van der Waals surface area contributed by atoms with Crippen LogP contribution in [0.1, 0.15) is 27.2 Å². The van der Waals surface area contributed by atoms with Crippen LogP contribution in [0, 0.1) is 5.41 Å². The standard InChI is InChI=1S/C17H19N5OS/c1-4-17(2,3)16(23)20-11-9-24-13-12(11)21-15(22-14(13)18)10-5-7-19-8-6-10/h5-9H,4H2,1-3H3,(H,20,23)(H2,18,21,22). The van der Waals surface area contributed by atoms with Crippen molar-refractivity contribution < 1.29 is 4.79 Å². The SMILES string of the molecule is CCC(C)(C)C(=O)Nc1csc2c(N)nc(-c3ccncc3)nc12. The molecule has 1 amide bonds. The van der Waals surface area contributed by atoms with Gasteiger partial charge in [-0.25, -0.2) is 9.97 Å². The summed E-state index contributed by atoms with van der Waals surface area (Å²) in [5, 5.41) is 4.83. The second kappa shape index (κ2) is 6.16. The number of hydrogen-bond acceptors (Lipinski definition) is 6. The number of nitrogens with two attached hydrogens (primary N) is 1. The Morgan fingerprint density at radius 2 is 2.00 bits per heavy atom. The maximum absolute atomic E-state index is 12.5. The fraction of sp³-hybridized carbons (Fsp3) is 0.294. The number of carbonyl (C=O) groups is 1. The zero-order valence-corrected chi connectivity index (χ0v) is 14.6. The van der Waals surface area contributed by atoms with Gasteiger partial charge in [0, 0.05) is 28.8 Å². The van der Waals surface area contributed by atoms with Gasteiger partial charge < -0.3 is 11.1 Å². The molecule has 0 bridgehead atoms. The Morgan fingerprint density at radius 1 is 1.29 bits per heavy atom. The average Bonchev–Trinajstić information content (AvgIpc) is 2.99. The van der Waals surface area contributed by atoms with Crippen molar-refractivity contribution in [2.75, 3.05) is 11.1 Å². The molecule has 0 spiro atoms. The maximum atomic E-state index is 12.5. The lowest BCUT2D eigenvalue weighted by atomic mass is 9.89. The number of nitrogens with one attached hydrogen (secondary N) is 1. The van der Waals surface area contributed by atoms with E-state index in [0.717, 1.165) is 16.7 Å². The summed E-state index contributed by atoms with van der Waals surface area (Å²) in [6, 6.07) is 3.65. The fourth-order valence-corrected chi connectivity index (χ4v) is 2.95. The number of anilines is 2. The third-order valence-corrected chi connectivity index (χ3v) is 5.12. The Bertz CT molecular complexity index is 889. The minimum absolute atomic E-state index is 0.0349. The van der Waals surface area contributed by atoms with Gasteiger partial charge in [-0.15, -0.1) is 11.3 Å². The first-order chi connectivity index (χ1) is 11.4. The largest absolute Gasteiger partial charge is 0.382 e. The first kappa shape index (κ1) is 16.3. The van der Waals surface area contributed by atoms with Crippen molar-refractivity contribution in [2.45, 2.75) is 27.2 Å². The van der Waals surface area contributed by atoms with Crippen LogP contribution in [0.15, 0.2) is 29.9 Å². The van der Waals surface area contributed by atoms with Crippen LogP contribution in [0.25, 0.3) is 21.6 Å². The normalized spacial score (nSPS) is 11.6. The minimum atomic E-state index is -0.444. The molecular weight excluding hydrogens is 322 g/mol. The third-order valence-electron chi connectivity index (χ3n) is 4.13. The van der Waals surface area contributed by atoms with Crippen LogP contribution >= 0.6 is 11.3 Å². The summed E-state index contributed by atoms with van der Waals surface area (Å²) in [6.07, 6.45) is 4.11. The Kier molecular flexibility index (Phi) is 4.19. The lowest BCUT2D eigenvalue weighted by Gasteiger charge is -2.21. The molecule has 3 heterocycles. The number of pyridine rings is 1. The quantitative estimate of drug-likeness (QED) is 0.754. The first-order valence-electron chi connectivity index (χ1n) is 7.69. The topological polar surface area (TPSA) is 93.8 Å². The summed E-state index contributed by atoms with van der Waals surface area (Å²) in [5.74, 6) is 0.894. The highest BCUT2D eigenvalue weighted by atomic mass is 32.1. The van der Waals surface area contributed by atoms with E-state index >= 15 is 0 Å². The molecule has 124 valence electrons. The van der Waals surface area contributed by atoms with Gasteiger partial charge in [-0.05, 0) is 18.6 Å². The van der Waals surface area contributed by atoms with E-state index in [1.54, 1.807) is 12.4 Å². The van der Waals surface area contributed by atoms with Crippen molar-refractivity contribution in [2.24, 2.45) is 5.41 Å². The van der Waals surface area contributed by atoms with Gasteiger partial charge in [-0.1, -0.05) is 20.8 Å². The molecule has 0 aromatic carbocycles. The van der Waals surface area contributed by atoms with Crippen molar-refractivity contribution in [1.82, 2.24) is 15.0 Å². The van der Waals surface area contributed by atoms with Crippen molar-refractivity contribution in [3.8, 4) is 11.4 Å². The molecule has 0 atom stereocenters. The van der Waals surface area contributed by atoms with Crippen LogP contribution in [0.4, 0.5) is 11.5 Å².